The van der Waals surface area contributed by atoms with Crippen molar-refractivity contribution in [3.05, 3.63) is 58.3 Å². The van der Waals surface area contributed by atoms with Crippen LogP contribution in [0.5, 0.6) is 0 Å². The smallest absolute Gasteiger partial charge is 0.141 e. The van der Waals surface area contributed by atoms with Crippen LogP contribution in [0.25, 0.3) is 10.9 Å². The molecule has 0 radical (unpaired) electrons. The number of nitrogens with zero attached hydrogens (tertiary/aromatic N) is 2. The SMILES string of the molecule is Clc1ccc2c(Nc3ccc(Br)cc3)ncnc2c1. The van der Waals surface area contributed by atoms with Crippen molar-refractivity contribution >= 4 is 49.9 Å². The third-order valence-electron chi connectivity index (χ3n) is 2.71. The van der Waals surface area contributed by atoms with Gasteiger partial charge in [0.1, 0.15) is 12.1 Å². The van der Waals surface area contributed by atoms with Gasteiger partial charge in [0, 0.05) is 20.6 Å². The Morgan fingerprint density at radius 1 is 1.00 bits per heavy atom. The van der Waals surface area contributed by atoms with Crippen molar-refractivity contribution in [2.24, 2.45) is 0 Å². The van der Waals surface area contributed by atoms with E-state index in [1.54, 1.807) is 0 Å². The Hall–Kier alpha value is -1.65. The third kappa shape index (κ3) is 2.69. The monoisotopic (exact) mass is 333 g/mol. The van der Waals surface area contributed by atoms with Gasteiger partial charge in [-0.3, -0.25) is 0 Å². The standard InChI is InChI=1S/C14H9BrClN3/c15-9-1-4-11(5-2-9)19-14-12-6-3-10(16)7-13(12)17-8-18-14/h1-8H,(H,17,18,19). The van der Waals surface area contributed by atoms with Crippen molar-refractivity contribution in [2.75, 3.05) is 5.32 Å². The molecule has 5 heteroatoms. The van der Waals surface area contributed by atoms with Crippen LogP contribution in [0.1, 0.15) is 0 Å². The molecule has 0 aliphatic carbocycles. The first-order chi connectivity index (χ1) is 9.22. The number of aromatic nitrogens is 2. The fourth-order valence-electron chi connectivity index (χ4n) is 1.80. The molecule has 1 heterocycles. The molecule has 0 amide bonds. The molecule has 0 bridgehead atoms. The first-order valence-electron chi connectivity index (χ1n) is 5.65. The summed E-state index contributed by atoms with van der Waals surface area (Å²) in [5.41, 5.74) is 1.79. The minimum atomic E-state index is 0.667. The Morgan fingerprint density at radius 3 is 2.58 bits per heavy atom. The van der Waals surface area contributed by atoms with Crippen LogP contribution in [0.15, 0.2) is 53.3 Å². The van der Waals surface area contributed by atoms with E-state index in [1.807, 2.05) is 42.5 Å². The van der Waals surface area contributed by atoms with Gasteiger partial charge in [-0.05, 0) is 42.5 Å². The number of halogens is 2. The van der Waals surface area contributed by atoms with Crippen LogP contribution in [0.2, 0.25) is 5.02 Å². The topological polar surface area (TPSA) is 37.8 Å². The van der Waals surface area contributed by atoms with Crippen LogP contribution in [0, 0.1) is 0 Å². The molecule has 94 valence electrons. The Labute approximate surface area is 123 Å². The van der Waals surface area contributed by atoms with Crippen molar-refractivity contribution in [3.8, 4) is 0 Å². The zero-order valence-corrected chi connectivity index (χ0v) is 12.1. The van der Waals surface area contributed by atoms with E-state index in [-0.39, 0.29) is 0 Å². The zero-order chi connectivity index (χ0) is 13.2. The van der Waals surface area contributed by atoms with Crippen LogP contribution in [-0.2, 0) is 0 Å². The average Bonchev–Trinajstić information content (AvgIpc) is 2.41. The van der Waals surface area contributed by atoms with Crippen molar-refractivity contribution in [1.82, 2.24) is 9.97 Å². The van der Waals surface area contributed by atoms with Gasteiger partial charge >= 0.3 is 0 Å². The van der Waals surface area contributed by atoms with E-state index in [0.29, 0.717) is 5.02 Å². The van der Waals surface area contributed by atoms with Crippen molar-refractivity contribution in [3.63, 3.8) is 0 Å². The lowest BCUT2D eigenvalue weighted by Gasteiger charge is -2.08. The Balaban J connectivity index is 2.03. The molecule has 1 N–H and O–H groups in total. The van der Waals surface area contributed by atoms with E-state index >= 15 is 0 Å². The molecule has 19 heavy (non-hydrogen) atoms. The number of benzene rings is 2. The Kier molecular flexibility index (Phi) is 3.36. The summed E-state index contributed by atoms with van der Waals surface area (Å²) in [6.45, 7) is 0. The van der Waals surface area contributed by atoms with Gasteiger partial charge in [-0.15, -0.1) is 0 Å². The minimum absolute atomic E-state index is 0.667. The predicted molar refractivity (Wildman–Crippen MR) is 82.0 cm³/mol. The second-order valence-electron chi connectivity index (χ2n) is 4.02. The van der Waals surface area contributed by atoms with Crippen LogP contribution in [0.3, 0.4) is 0 Å². The first-order valence-corrected chi connectivity index (χ1v) is 6.82. The zero-order valence-electron chi connectivity index (χ0n) is 9.77. The second kappa shape index (κ2) is 5.15. The fraction of sp³-hybridized carbons (Fsp3) is 0. The van der Waals surface area contributed by atoms with E-state index in [9.17, 15) is 0 Å². The molecule has 0 saturated heterocycles. The number of hydrogen-bond acceptors (Lipinski definition) is 3. The van der Waals surface area contributed by atoms with Crippen molar-refractivity contribution < 1.29 is 0 Å². The van der Waals surface area contributed by atoms with Gasteiger partial charge in [0.2, 0.25) is 0 Å². The molecule has 3 aromatic rings. The van der Waals surface area contributed by atoms with Gasteiger partial charge in [-0.25, -0.2) is 9.97 Å². The van der Waals surface area contributed by atoms with E-state index in [1.165, 1.54) is 6.33 Å². The highest BCUT2D eigenvalue weighted by Crippen LogP contribution is 2.25. The van der Waals surface area contributed by atoms with Gasteiger partial charge in [0.15, 0.2) is 0 Å². The highest BCUT2D eigenvalue weighted by atomic mass is 79.9. The molecule has 0 aliphatic rings. The van der Waals surface area contributed by atoms with Crippen LogP contribution in [0.4, 0.5) is 11.5 Å². The highest BCUT2D eigenvalue weighted by molar-refractivity contribution is 9.10. The minimum Gasteiger partial charge on any atom is -0.340 e. The lowest BCUT2D eigenvalue weighted by molar-refractivity contribution is 1.22. The molecule has 0 unspecified atom stereocenters. The fourth-order valence-corrected chi connectivity index (χ4v) is 2.23. The van der Waals surface area contributed by atoms with E-state index < -0.39 is 0 Å². The van der Waals surface area contributed by atoms with E-state index in [4.69, 9.17) is 11.6 Å². The van der Waals surface area contributed by atoms with Gasteiger partial charge < -0.3 is 5.32 Å². The molecule has 0 aliphatic heterocycles. The predicted octanol–water partition coefficient (Wildman–Crippen LogP) is 4.79. The summed E-state index contributed by atoms with van der Waals surface area (Å²) in [5.74, 6) is 0.768. The van der Waals surface area contributed by atoms with Crippen LogP contribution in [-0.4, -0.2) is 9.97 Å². The normalized spacial score (nSPS) is 10.6. The highest BCUT2D eigenvalue weighted by Gasteiger charge is 2.04. The van der Waals surface area contributed by atoms with Crippen molar-refractivity contribution in [1.29, 1.82) is 0 Å². The summed E-state index contributed by atoms with van der Waals surface area (Å²) < 4.78 is 1.04. The maximum absolute atomic E-state index is 5.96. The molecule has 0 atom stereocenters. The summed E-state index contributed by atoms with van der Waals surface area (Å²) in [5, 5.41) is 4.89. The third-order valence-corrected chi connectivity index (χ3v) is 3.47. The number of fused-ring (bicyclic) bond motifs is 1. The molecule has 1 aromatic heterocycles. The summed E-state index contributed by atoms with van der Waals surface area (Å²) in [7, 11) is 0. The molecule has 0 spiro atoms. The first kappa shape index (κ1) is 12.4. The Bertz CT molecular complexity index is 728. The van der Waals surface area contributed by atoms with Crippen LogP contribution >= 0.6 is 27.5 Å². The molecule has 3 nitrogen and oxygen atoms in total. The number of anilines is 2. The van der Waals surface area contributed by atoms with Gasteiger partial charge in [0.05, 0.1) is 5.52 Å². The van der Waals surface area contributed by atoms with Gasteiger partial charge in [-0.1, -0.05) is 27.5 Å². The molecule has 2 aromatic carbocycles. The second-order valence-corrected chi connectivity index (χ2v) is 5.37. The summed E-state index contributed by atoms with van der Waals surface area (Å²) >= 11 is 9.37. The van der Waals surface area contributed by atoms with Crippen molar-refractivity contribution in [2.45, 2.75) is 0 Å². The average molecular weight is 335 g/mol. The van der Waals surface area contributed by atoms with Gasteiger partial charge in [-0.2, -0.15) is 0 Å². The maximum Gasteiger partial charge on any atom is 0.141 e. The Morgan fingerprint density at radius 2 is 1.79 bits per heavy atom. The van der Waals surface area contributed by atoms with Crippen LogP contribution < -0.4 is 5.32 Å². The summed E-state index contributed by atoms with van der Waals surface area (Å²) in [6, 6.07) is 13.5. The number of rotatable bonds is 2. The molecular weight excluding hydrogens is 326 g/mol. The largest absolute Gasteiger partial charge is 0.340 e. The number of nitrogens with one attached hydrogen (secondary N) is 1. The van der Waals surface area contributed by atoms with E-state index in [2.05, 4.69) is 31.2 Å². The lowest BCUT2D eigenvalue weighted by Crippen LogP contribution is -1.95. The molecular formula is C14H9BrClN3. The molecule has 0 fully saturated rings. The summed E-state index contributed by atoms with van der Waals surface area (Å²) in [6.07, 6.45) is 1.53. The van der Waals surface area contributed by atoms with Gasteiger partial charge in [0.25, 0.3) is 0 Å². The maximum atomic E-state index is 5.96. The van der Waals surface area contributed by atoms with E-state index in [0.717, 1.165) is 26.9 Å². The summed E-state index contributed by atoms with van der Waals surface area (Å²) in [4.78, 5) is 8.49. The number of hydrogen-bond donors (Lipinski definition) is 1. The quantitative estimate of drug-likeness (QED) is 0.732. The molecule has 0 saturated carbocycles. The molecule has 3 rings (SSSR count). The lowest BCUT2D eigenvalue weighted by atomic mass is 10.2.